The molecule has 0 radical (unpaired) electrons. The van der Waals surface area contributed by atoms with Gasteiger partial charge in [0.25, 0.3) is 0 Å². The lowest BCUT2D eigenvalue weighted by Crippen LogP contribution is -2.22. The van der Waals surface area contributed by atoms with Crippen LogP contribution in [0.2, 0.25) is 5.02 Å². The van der Waals surface area contributed by atoms with E-state index in [-0.39, 0.29) is 12.6 Å². The maximum Gasteiger partial charge on any atom is 0.0702 e. The number of aliphatic hydroxyl groups excluding tert-OH is 1. The predicted molar refractivity (Wildman–Crippen MR) is 80.6 cm³/mol. The van der Waals surface area contributed by atoms with Gasteiger partial charge in [-0.2, -0.15) is 0 Å². The van der Waals surface area contributed by atoms with Crippen molar-refractivity contribution in [1.29, 1.82) is 0 Å². The molecule has 0 heterocycles. The Bertz CT molecular complexity index is 539. The summed E-state index contributed by atoms with van der Waals surface area (Å²) in [6.07, 6.45) is 0. The van der Waals surface area contributed by atoms with E-state index in [4.69, 9.17) is 11.6 Å². The summed E-state index contributed by atoms with van der Waals surface area (Å²) in [6, 6.07) is 16.0. The smallest absolute Gasteiger partial charge is 0.0702 e. The molecular formula is C16H18ClNO. The quantitative estimate of drug-likeness (QED) is 0.911. The van der Waals surface area contributed by atoms with E-state index >= 15 is 0 Å². The Labute approximate surface area is 119 Å². The highest BCUT2D eigenvalue weighted by Gasteiger charge is 2.14. The van der Waals surface area contributed by atoms with Gasteiger partial charge in [0.15, 0.2) is 0 Å². The Morgan fingerprint density at radius 3 is 2.37 bits per heavy atom. The van der Waals surface area contributed by atoms with Crippen LogP contribution in [0.1, 0.15) is 24.1 Å². The Morgan fingerprint density at radius 2 is 1.74 bits per heavy atom. The molecule has 100 valence electrons. The average Bonchev–Trinajstić information content (AvgIpc) is 2.46. The molecule has 2 nitrogen and oxygen atoms in total. The lowest BCUT2D eigenvalue weighted by molar-refractivity contribution is 0.282. The van der Waals surface area contributed by atoms with Crippen molar-refractivity contribution in [2.24, 2.45) is 0 Å². The van der Waals surface area contributed by atoms with Crippen LogP contribution in [-0.4, -0.2) is 12.2 Å². The van der Waals surface area contributed by atoms with Gasteiger partial charge in [0.2, 0.25) is 0 Å². The summed E-state index contributed by atoms with van der Waals surface area (Å²) >= 11 is 5.91. The second-order valence-electron chi connectivity index (χ2n) is 4.63. The molecule has 0 spiro atoms. The monoisotopic (exact) mass is 275 g/mol. The minimum Gasteiger partial charge on any atom is -0.392 e. The summed E-state index contributed by atoms with van der Waals surface area (Å²) in [5.74, 6) is 0. The van der Waals surface area contributed by atoms with Gasteiger partial charge in [-0.1, -0.05) is 41.9 Å². The van der Waals surface area contributed by atoms with E-state index in [1.54, 1.807) is 0 Å². The van der Waals surface area contributed by atoms with Crippen LogP contribution in [0.4, 0.5) is 5.69 Å². The van der Waals surface area contributed by atoms with E-state index in [1.807, 2.05) is 55.6 Å². The number of halogens is 1. The lowest BCUT2D eigenvalue weighted by atomic mass is 10.1. The number of hydrogen-bond acceptors (Lipinski definition) is 2. The molecule has 0 aromatic heterocycles. The Morgan fingerprint density at radius 1 is 1.11 bits per heavy atom. The van der Waals surface area contributed by atoms with Crippen LogP contribution in [0.5, 0.6) is 0 Å². The highest BCUT2D eigenvalue weighted by molar-refractivity contribution is 6.30. The van der Waals surface area contributed by atoms with Gasteiger partial charge in [0, 0.05) is 23.3 Å². The van der Waals surface area contributed by atoms with E-state index in [2.05, 4.69) is 11.8 Å². The molecule has 1 N–H and O–H groups in total. The molecule has 0 amide bonds. The van der Waals surface area contributed by atoms with Gasteiger partial charge >= 0.3 is 0 Å². The topological polar surface area (TPSA) is 23.5 Å². The molecule has 2 aromatic rings. The summed E-state index contributed by atoms with van der Waals surface area (Å²) in [5, 5.41) is 10.2. The zero-order valence-electron chi connectivity index (χ0n) is 11.2. The summed E-state index contributed by atoms with van der Waals surface area (Å²) in [4.78, 5) is 2.16. The van der Waals surface area contributed by atoms with E-state index in [0.717, 1.165) is 16.3 Å². The zero-order chi connectivity index (χ0) is 13.8. The van der Waals surface area contributed by atoms with Crippen molar-refractivity contribution in [3.05, 3.63) is 64.7 Å². The number of anilines is 1. The molecular weight excluding hydrogens is 258 g/mol. The molecule has 0 bridgehead atoms. The minimum atomic E-state index is 0.0495. The summed E-state index contributed by atoms with van der Waals surface area (Å²) < 4.78 is 0. The van der Waals surface area contributed by atoms with Crippen molar-refractivity contribution < 1.29 is 5.11 Å². The summed E-state index contributed by atoms with van der Waals surface area (Å²) in [6.45, 7) is 2.19. The third-order valence-electron chi connectivity index (χ3n) is 3.48. The molecule has 0 aliphatic heterocycles. The van der Waals surface area contributed by atoms with Crippen molar-refractivity contribution in [2.45, 2.75) is 19.6 Å². The molecule has 3 heteroatoms. The van der Waals surface area contributed by atoms with Crippen LogP contribution < -0.4 is 4.90 Å². The van der Waals surface area contributed by atoms with Crippen molar-refractivity contribution in [1.82, 2.24) is 0 Å². The predicted octanol–water partition coefficient (Wildman–Crippen LogP) is 4.03. The normalized spacial score (nSPS) is 12.2. The summed E-state index contributed by atoms with van der Waals surface area (Å²) in [5.41, 5.74) is 3.18. The number of aliphatic hydroxyl groups is 1. The first-order chi connectivity index (χ1) is 9.13. The molecule has 0 aliphatic rings. The average molecular weight is 276 g/mol. The van der Waals surface area contributed by atoms with Gasteiger partial charge in [-0.25, -0.2) is 0 Å². The Kier molecular flexibility index (Phi) is 4.46. The molecule has 1 atom stereocenters. The maximum absolute atomic E-state index is 9.41. The van der Waals surface area contributed by atoms with Crippen molar-refractivity contribution in [3.63, 3.8) is 0 Å². The Hall–Kier alpha value is -1.51. The number of benzene rings is 2. The number of para-hydroxylation sites is 1. The second kappa shape index (κ2) is 6.09. The first-order valence-electron chi connectivity index (χ1n) is 6.30. The van der Waals surface area contributed by atoms with Crippen LogP contribution in [-0.2, 0) is 6.61 Å². The molecule has 2 aromatic carbocycles. The molecule has 2 rings (SSSR count). The fourth-order valence-electron chi connectivity index (χ4n) is 2.16. The molecule has 0 aliphatic carbocycles. The van der Waals surface area contributed by atoms with Crippen LogP contribution in [0.25, 0.3) is 0 Å². The highest BCUT2D eigenvalue weighted by atomic mass is 35.5. The van der Waals surface area contributed by atoms with Gasteiger partial charge in [-0.05, 0) is 30.7 Å². The highest BCUT2D eigenvalue weighted by Crippen LogP contribution is 2.28. The molecule has 0 fully saturated rings. The first kappa shape index (κ1) is 13.9. The fourth-order valence-corrected chi connectivity index (χ4v) is 2.29. The third kappa shape index (κ3) is 3.09. The van der Waals surface area contributed by atoms with Gasteiger partial charge in [-0.15, -0.1) is 0 Å². The van der Waals surface area contributed by atoms with Crippen molar-refractivity contribution >= 4 is 17.3 Å². The van der Waals surface area contributed by atoms with E-state index in [9.17, 15) is 5.11 Å². The summed E-state index contributed by atoms with van der Waals surface area (Å²) in [7, 11) is 2.04. The molecule has 0 saturated carbocycles. The maximum atomic E-state index is 9.41. The zero-order valence-corrected chi connectivity index (χ0v) is 11.9. The van der Waals surface area contributed by atoms with Gasteiger partial charge < -0.3 is 10.0 Å². The minimum absolute atomic E-state index is 0.0495. The second-order valence-corrected chi connectivity index (χ2v) is 5.06. The number of rotatable bonds is 4. The first-order valence-corrected chi connectivity index (χ1v) is 6.68. The van der Waals surface area contributed by atoms with Crippen LogP contribution in [0.3, 0.4) is 0 Å². The number of nitrogens with zero attached hydrogens (tertiary/aromatic N) is 1. The van der Waals surface area contributed by atoms with E-state index < -0.39 is 0 Å². The SMILES string of the molecule is CC(c1ccc(Cl)cc1)N(C)c1ccccc1CO. The van der Waals surface area contributed by atoms with Gasteiger partial charge in [-0.3, -0.25) is 0 Å². The number of hydrogen-bond donors (Lipinski definition) is 1. The molecule has 0 saturated heterocycles. The molecule has 19 heavy (non-hydrogen) atoms. The van der Waals surface area contributed by atoms with E-state index in [1.165, 1.54) is 5.56 Å². The Balaban J connectivity index is 2.28. The van der Waals surface area contributed by atoms with Gasteiger partial charge in [0.05, 0.1) is 12.6 Å². The molecule has 1 unspecified atom stereocenters. The van der Waals surface area contributed by atoms with Gasteiger partial charge in [0.1, 0.15) is 0 Å². The van der Waals surface area contributed by atoms with Crippen LogP contribution in [0, 0.1) is 0 Å². The van der Waals surface area contributed by atoms with Crippen LogP contribution in [0.15, 0.2) is 48.5 Å². The van der Waals surface area contributed by atoms with Crippen LogP contribution >= 0.6 is 11.6 Å². The largest absolute Gasteiger partial charge is 0.392 e. The van der Waals surface area contributed by atoms with E-state index in [0.29, 0.717) is 0 Å². The lowest BCUT2D eigenvalue weighted by Gasteiger charge is -2.29. The fraction of sp³-hybridized carbons (Fsp3) is 0.250. The van der Waals surface area contributed by atoms with Crippen molar-refractivity contribution in [3.8, 4) is 0 Å². The van der Waals surface area contributed by atoms with Crippen molar-refractivity contribution in [2.75, 3.05) is 11.9 Å². The third-order valence-corrected chi connectivity index (χ3v) is 3.73. The standard InChI is InChI=1S/C16H18ClNO/c1-12(13-7-9-15(17)10-8-13)18(2)16-6-4-3-5-14(16)11-19/h3-10,12,19H,11H2,1-2H3.